The van der Waals surface area contributed by atoms with Gasteiger partial charge in [0.05, 0.1) is 29.7 Å². The van der Waals surface area contributed by atoms with Crippen molar-refractivity contribution in [2.45, 2.75) is 12.2 Å². The van der Waals surface area contributed by atoms with Gasteiger partial charge in [-0.2, -0.15) is 0 Å². The summed E-state index contributed by atoms with van der Waals surface area (Å²) in [4.78, 5) is 42.6. The molecule has 1 aliphatic rings. The van der Waals surface area contributed by atoms with Crippen LogP contribution in [0, 0.1) is 0 Å². The van der Waals surface area contributed by atoms with Gasteiger partial charge >= 0.3 is 0 Å². The summed E-state index contributed by atoms with van der Waals surface area (Å²) in [7, 11) is 0. The number of hydrogen-bond donors (Lipinski definition) is 3. The maximum atomic E-state index is 13.3. The number of aromatic nitrogens is 6. The van der Waals surface area contributed by atoms with E-state index < -0.39 is 23.7 Å². The van der Waals surface area contributed by atoms with Crippen LogP contribution in [-0.4, -0.2) is 60.0 Å². The number of hydrogen-bond acceptors (Lipinski definition) is 9. The minimum absolute atomic E-state index is 0.0728. The van der Waals surface area contributed by atoms with Gasteiger partial charge in [-0.25, -0.2) is 14.6 Å². The van der Waals surface area contributed by atoms with Gasteiger partial charge in [0, 0.05) is 36.2 Å². The highest BCUT2D eigenvalue weighted by molar-refractivity contribution is 6.00. The van der Waals surface area contributed by atoms with Gasteiger partial charge in [0.15, 0.2) is 11.9 Å². The minimum atomic E-state index is -1.50. The number of pyridine rings is 2. The number of H-pyrrole nitrogens is 1. The van der Waals surface area contributed by atoms with Crippen molar-refractivity contribution in [2.75, 3.05) is 23.8 Å². The number of amides is 1. The Morgan fingerprint density at radius 2 is 1.94 bits per heavy atom. The average Bonchev–Trinajstić information content (AvgIpc) is 3.38. The van der Waals surface area contributed by atoms with E-state index in [1.807, 2.05) is 0 Å². The number of rotatable bonds is 4. The van der Waals surface area contributed by atoms with Crippen molar-refractivity contribution in [3.8, 4) is 5.69 Å². The molecule has 1 saturated heterocycles. The summed E-state index contributed by atoms with van der Waals surface area (Å²) >= 11 is 0. The van der Waals surface area contributed by atoms with Crippen LogP contribution in [-0.2, 0) is 9.53 Å². The van der Waals surface area contributed by atoms with E-state index in [1.54, 1.807) is 65.9 Å². The van der Waals surface area contributed by atoms with Crippen molar-refractivity contribution in [1.82, 2.24) is 29.7 Å². The molecule has 4 N–H and O–H groups in total. The van der Waals surface area contributed by atoms with Gasteiger partial charge in [0.25, 0.3) is 11.5 Å². The van der Waals surface area contributed by atoms with E-state index in [2.05, 4.69) is 25.0 Å². The standard InChI is InChI=1S/C24H20N8O4/c25-21-15-12-16-17(11-13(15)1-7-27-21)28-22(29-23(16)34)19(33)20-24(35)31(9-10-36-20)18-4-8-32(30-18)14-2-5-26-6-3-14/h1-8,11-12,19-20,33H,9-10H2,(H2,25,27)(H,28,29,34). The van der Waals surface area contributed by atoms with E-state index in [0.717, 1.165) is 11.1 Å². The predicted molar refractivity (Wildman–Crippen MR) is 130 cm³/mol. The van der Waals surface area contributed by atoms with Gasteiger partial charge < -0.3 is 20.6 Å². The van der Waals surface area contributed by atoms with Crippen molar-refractivity contribution in [1.29, 1.82) is 0 Å². The van der Waals surface area contributed by atoms with Crippen LogP contribution >= 0.6 is 0 Å². The van der Waals surface area contributed by atoms with Crippen LogP contribution in [0.4, 0.5) is 11.6 Å². The molecular formula is C24H20N8O4. The lowest BCUT2D eigenvalue weighted by Crippen LogP contribution is -2.50. The number of benzene rings is 1. The third-order valence-electron chi connectivity index (χ3n) is 6.11. The molecule has 5 heterocycles. The molecule has 1 aromatic carbocycles. The number of nitrogens with two attached hydrogens (primary N) is 1. The van der Waals surface area contributed by atoms with Crippen LogP contribution in [0.3, 0.4) is 0 Å². The van der Waals surface area contributed by atoms with Gasteiger partial charge in [-0.05, 0) is 35.7 Å². The fraction of sp³-hybridized carbons (Fsp3) is 0.167. The second-order valence-electron chi connectivity index (χ2n) is 8.29. The molecule has 2 atom stereocenters. The number of aromatic amines is 1. The molecule has 1 fully saturated rings. The average molecular weight is 484 g/mol. The molecule has 1 amide bonds. The number of anilines is 2. The smallest absolute Gasteiger partial charge is 0.260 e. The van der Waals surface area contributed by atoms with Crippen molar-refractivity contribution >= 4 is 39.2 Å². The molecule has 36 heavy (non-hydrogen) atoms. The molecular weight excluding hydrogens is 464 g/mol. The first-order valence-electron chi connectivity index (χ1n) is 11.1. The Bertz CT molecular complexity index is 1670. The van der Waals surface area contributed by atoms with Gasteiger partial charge in [0.2, 0.25) is 0 Å². The maximum absolute atomic E-state index is 13.3. The first kappa shape index (κ1) is 21.8. The highest BCUT2D eigenvalue weighted by Crippen LogP contribution is 2.27. The number of morpholine rings is 1. The number of fused-ring (bicyclic) bond motifs is 2. The van der Waals surface area contributed by atoms with E-state index in [9.17, 15) is 14.7 Å². The number of nitrogen functional groups attached to an aromatic ring is 1. The first-order valence-corrected chi connectivity index (χ1v) is 11.1. The molecule has 12 nitrogen and oxygen atoms in total. The number of nitrogens with one attached hydrogen (secondary N) is 1. The number of carbonyl (C=O) groups is 1. The largest absolute Gasteiger partial charge is 0.383 e. The van der Waals surface area contributed by atoms with Crippen LogP contribution in [0.5, 0.6) is 0 Å². The molecule has 2 unspecified atom stereocenters. The number of nitrogens with zero attached hydrogens (tertiary/aromatic N) is 6. The summed E-state index contributed by atoms with van der Waals surface area (Å²) in [5.41, 5.74) is 6.59. The summed E-state index contributed by atoms with van der Waals surface area (Å²) in [6, 6.07) is 10.3. The first-order chi connectivity index (χ1) is 17.5. The van der Waals surface area contributed by atoms with Crippen LogP contribution in [0.15, 0.2) is 66.0 Å². The summed E-state index contributed by atoms with van der Waals surface area (Å²) in [5.74, 6) is 0.144. The topological polar surface area (TPSA) is 165 Å². The SMILES string of the molecule is Nc1nccc2cc3nc(C(O)C4OCCN(c5ccn(-c6ccncc6)n5)C4=O)[nH]c(=O)c3cc12. The Morgan fingerprint density at radius 3 is 2.78 bits per heavy atom. The summed E-state index contributed by atoms with van der Waals surface area (Å²) in [5, 5.41) is 17.2. The fourth-order valence-corrected chi connectivity index (χ4v) is 4.29. The Morgan fingerprint density at radius 1 is 1.11 bits per heavy atom. The van der Waals surface area contributed by atoms with E-state index in [1.165, 1.54) is 4.90 Å². The molecule has 12 heteroatoms. The van der Waals surface area contributed by atoms with Gasteiger partial charge in [-0.15, -0.1) is 5.10 Å². The number of carbonyl (C=O) groups excluding carboxylic acids is 1. The summed E-state index contributed by atoms with van der Waals surface area (Å²) in [6.07, 6.45) is 3.81. The number of aliphatic hydroxyl groups excluding tert-OH is 1. The molecule has 0 spiro atoms. The third-order valence-corrected chi connectivity index (χ3v) is 6.11. The number of ether oxygens (including phenoxy) is 1. The summed E-state index contributed by atoms with van der Waals surface area (Å²) in [6.45, 7) is 0.433. The predicted octanol–water partition coefficient (Wildman–Crippen LogP) is 1.10. The highest BCUT2D eigenvalue weighted by atomic mass is 16.5. The Kier molecular flexibility index (Phi) is 5.16. The molecule has 0 saturated carbocycles. The zero-order chi connectivity index (χ0) is 24.8. The lowest BCUT2D eigenvalue weighted by molar-refractivity contribution is -0.143. The molecule has 5 aromatic rings. The Balaban J connectivity index is 1.31. The Hall–Kier alpha value is -4.68. The minimum Gasteiger partial charge on any atom is -0.383 e. The molecule has 0 bridgehead atoms. The highest BCUT2D eigenvalue weighted by Gasteiger charge is 2.38. The van der Waals surface area contributed by atoms with E-state index >= 15 is 0 Å². The van der Waals surface area contributed by atoms with E-state index in [-0.39, 0.29) is 24.4 Å². The molecule has 180 valence electrons. The molecule has 0 radical (unpaired) electrons. The van der Waals surface area contributed by atoms with Crippen molar-refractivity contribution in [3.05, 3.63) is 77.4 Å². The molecule has 6 rings (SSSR count). The summed E-state index contributed by atoms with van der Waals surface area (Å²) < 4.78 is 7.24. The monoisotopic (exact) mass is 484 g/mol. The van der Waals surface area contributed by atoms with E-state index in [0.29, 0.717) is 22.5 Å². The zero-order valence-electron chi connectivity index (χ0n) is 18.8. The second-order valence-corrected chi connectivity index (χ2v) is 8.29. The van der Waals surface area contributed by atoms with Crippen molar-refractivity contribution in [3.63, 3.8) is 0 Å². The van der Waals surface area contributed by atoms with Crippen LogP contribution in [0.25, 0.3) is 27.4 Å². The van der Waals surface area contributed by atoms with Gasteiger partial charge in [-0.1, -0.05) is 0 Å². The van der Waals surface area contributed by atoms with Gasteiger partial charge in [-0.3, -0.25) is 19.5 Å². The number of aliphatic hydroxyl groups is 1. The molecule has 1 aliphatic heterocycles. The quantitative estimate of drug-likeness (QED) is 0.317. The van der Waals surface area contributed by atoms with Crippen molar-refractivity contribution < 1.29 is 14.6 Å². The van der Waals surface area contributed by atoms with Crippen LogP contribution < -0.4 is 16.2 Å². The van der Waals surface area contributed by atoms with Crippen LogP contribution in [0.1, 0.15) is 11.9 Å². The normalized spacial score (nSPS) is 17.1. The fourth-order valence-electron chi connectivity index (χ4n) is 4.29. The van der Waals surface area contributed by atoms with E-state index in [4.69, 9.17) is 10.5 Å². The van der Waals surface area contributed by atoms with Crippen LogP contribution in [0.2, 0.25) is 0 Å². The molecule has 0 aliphatic carbocycles. The Labute approximate surface area is 203 Å². The zero-order valence-corrected chi connectivity index (χ0v) is 18.8. The maximum Gasteiger partial charge on any atom is 0.260 e. The third kappa shape index (κ3) is 3.65. The molecule has 4 aromatic heterocycles. The second kappa shape index (κ2) is 8.52. The van der Waals surface area contributed by atoms with Crippen molar-refractivity contribution in [2.24, 2.45) is 0 Å². The lowest BCUT2D eigenvalue weighted by Gasteiger charge is -2.32. The lowest BCUT2D eigenvalue weighted by atomic mass is 10.1. The van der Waals surface area contributed by atoms with Gasteiger partial charge in [0.1, 0.15) is 17.7 Å².